The number of phenolic OH excluding ortho intramolecular Hbond substituents is 1. The predicted octanol–water partition coefficient (Wildman–Crippen LogP) is 3.33. The van der Waals surface area contributed by atoms with Gasteiger partial charge in [0.05, 0.1) is 6.04 Å². The first-order valence-electron chi connectivity index (χ1n) is 7.60. The van der Waals surface area contributed by atoms with Gasteiger partial charge in [0.2, 0.25) is 5.91 Å². The van der Waals surface area contributed by atoms with Crippen molar-refractivity contribution in [2.75, 3.05) is 6.54 Å². The number of aromatic nitrogens is 1. The zero-order valence-corrected chi connectivity index (χ0v) is 13.1. The van der Waals surface area contributed by atoms with Gasteiger partial charge < -0.3 is 10.0 Å². The van der Waals surface area contributed by atoms with E-state index in [1.807, 2.05) is 43.0 Å². The maximum Gasteiger partial charge on any atom is 0.223 e. The maximum atomic E-state index is 12.5. The van der Waals surface area contributed by atoms with Crippen LogP contribution in [0, 0.1) is 0 Å². The summed E-state index contributed by atoms with van der Waals surface area (Å²) in [7, 11) is 0. The van der Waals surface area contributed by atoms with Crippen LogP contribution in [0.5, 0.6) is 5.75 Å². The zero-order chi connectivity index (χ0) is 15.9. The second kappa shape index (κ2) is 7.59. The summed E-state index contributed by atoms with van der Waals surface area (Å²) in [6, 6.07) is 12.7. The first kappa shape index (κ1) is 16.0. The first-order valence-corrected chi connectivity index (χ1v) is 7.60. The fraction of sp³-hybridized carbons (Fsp3) is 0.333. The molecule has 4 nitrogen and oxygen atoms in total. The molecule has 1 atom stereocenters. The molecule has 0 saturated carbocycles. The number of carbonyl (C=O) groups excluding carboxylic acids is 1. The third-order valence-electron chi connectivity index (χ3n) is 3.80. The molecule has 1 aromatic heterocycles. The minimum absolute atomic E-state index is 0.0617. The molecule has 1 heterocycles. The van der Waals surface area contributed by atoms with Crippen LogP contribution < -0.4 is 0 Å². The van der Waals surface area contributed by atoms with Crippen LogP contribution in [-0.4, -0.2) is 27.4 Å². The molecule has 1 aromatic carbocycles. The summed E-state index contributed by atoms with van der Waals surface area (Å²) < 4.78 is 0. The second-order valence-electron chi connectivity index (χ2n) is 5.27. The molecule has 0 spiro atoms. The van der Waals surface area contributed by atoms with E-state index >= 15 is 0 Å². The highest BCUT2D eigenvalue weighted by atomic mass is 16.3. The fourth-order valence-electron chi connectivity index (χ4n) is 2.56. The molecule has 0 saturated heterocycles. The van der Waals surface area contributed by atoms with E-state index in [1.165, 1.54) is 0 Å². The van der Waals surface area contributed by atoms with Crippen molar-refractivity contribution in [2.45, 2.75) is 32.7 Å². The predicted molar refractivity (Wildman–Crippen MR) is 86.5 cm³/mol. The van der Waals surface area contributed by atoms with E-state index < -0.39 is 0 Å². The van der Waals surface area contributed by atoms with Gasteiger partial charge in [-0.05, 0) is 50.1 Å². The van der Waals surface area contributed by atoms with Crippen molar-refractivity contribution in [1.29, 1.82) is 0 Å². The number of phenols is 1. The van der Waals surface area contributed by atoms with Gasteiger partial charge in [0.25, 0.3) is 0 Å². The molecule has 0 fully saturated rings. The molecule has 0 radical (unpaired) electrons. The van der Waals surface area contributed by atoms with Crippen LogP contribution in [0.1, 0.15) is 37.6 Å². The number of carbonyl (C=O) groups is 1. The molecule has 1 amide bonds. The number of hydrogen-bond donors (Lipinski definition) is 1. The monoisotopic (exact) mass is 298 g/mol. The van der Waals surface area contributed by atoms with Crippen LogP contribution in [0.25, 0.3) is 0 Å². The summed E-state index contributed by atoms with van der Waals surface area (Å²) in [5, 5.41) is 9.60. The van der Waals surface area contributed by atoms with Crippen LogP contribution in [0.15, 0.2) is 48.7 Å². The van der Waals surface area contributed by atoms with Gasteiger partial charge in [-0.3, -0.25) is 9.78 Å². The Balaban J connectivity index is 2.02. The molecular formula is C18H22N2O2. The molecule has 0 aliphatic heterocycles. The van der Waals surface area contributed by atoms with Crippen LogP contribution >= 0.6 is 0 Å². The van der Waals surface area contributed by atoms with Gasteiger partial charge in [0, 0.05) is 24.9 Å². The number of nitrogens with zero attached hydrogens (tertiary/aromatic N) is 2. The number of aromatic hydroxyl groups is 1. The third kappa shape index (κ3) is 4.07. The number of aryl methyl sites for hydroxylation is 1. The molecule has 116 valence electrons. The number of rotatable bonds is 6. The van der Waals surface area contributed by atoms with E-state index in [1.54, 1.807) is 24.4 Å². The van der Waals surface area contributed by atoms with Crippen molar-refractivity contribution >= 4 is 5.91 Å². The molecule has 0 aliphatic rings. The Bertz CT molecular complexity index is 613. The Morgan fingerprint density at radius 1 is 1.27 bits per heavy atom. The van der Waals surface area contributed by atoms with Gasteiger partial charge >= 0.3 is 0 Å². The lowest BCUT2D eigenvalue weighted by Gasteiger charge is -2.28. The van der Waals surface area contributed by atoms with Gasteiger partial charge in [-0.1, -0.05) is 18.2 Å². The van der Waals surface area contributed by atoms with Gasteiger partial charge in [-0.2, -0.15) is 0 Å². The number of hydrogen-bond acceptors (Lipinski definition) is 3. The van der Waals surface area contributed by atoms with Crippen LogP contribution in [0.4, 0.5) is 0 Å². The minimum atomic E-state index is -0.0617. The number of pyridine rings is 1. The highest BCUT2D eigenvalue weighted by Crippen LogP contribution is 2.24. The normalized spacial score (nSPS) is 11.9. The van der Waals surface area contributed by atoms with Crippen molar-refractivity contribution in [3.8, 4) is 5.75 Å². The van der Waals surface area contributed by atoms with E-state index in [0.29, 0.717) is 19.4 Å². The van der Waals surface area contributed by atoms with E-state index in [2.05, 4.69) is 4.98 Å². The summed E-state index contributed by atoms with van der Waals surface area (Å²) in [5.41, 5.74) is 1.87. The number of amides is 1. The van der Waals surface area contributed by atoms with Gasteiger partial charge in [0.15, 0.2) is 0 Å². The summed E-state index contributed by atoms with van der Waals surface area (Å²) in [5.74, 6) is 0.324. The Kier molecular flexibility index (Phi) is 5.53. The van der Waals surface area contributed by atoms with Crippen LogP contribution in [0.3, 0.4) is 0 Å². The van der Waals surface area contributed by atoms with Crippen LogP contribution in [0.2, 0.25) is 0 Å². The Morgan fingerprint density at radius 2 is 2.09 bits per heavy atom. The Labute approximate surface area is 131 Å². The molecule has 2 rings (SSSR count). The summed E-state index contributed by atoms with van der Waals surface area (Å²) >= 11 is 0. The molecule has 0 bridgehead atoms. The maximum absolute atomic E-state index is 12.5. The standard InChI is InChI=1S/C18H22N2O2/c1-3-20(14(2)15-7-6-9-17(21)13-15)18(22)11-10-16-8-4-5-12-19-16/h4-9,12-14,21H,3,10-11H2,1-2H3. The second-order valence-corrected chi connectivity index (χ2v) is 5.27. The van der Waals surface area contributed by atoms with Crippen molar-refractivity contribution in [3.63, 3.8) is 0 Å². The molecule has 1 unspecified atom stereocenters. The molecule has 2 aromatic rings. The summed E-state index contributed by atoms with van der Waals surface area (Å²) in [6.45, 7) is 4.59. The van der Waals surface area contributed by atoms with Gasteiger partial charge in [-0.15, -0.1) is 0 Å². The lowest BCUT2D eigenvalue weighted by Crippen LogP contribution is -2.33. The first-order chi connectivity index (χ1) is 10.6. The smallest absolute Gasteiger partial charge is 0.223 e. The summed E-state index contributed by atoms with van der Waals surface area (Å²) in [4.78, 5) is 18.6. The Morgan fingerprint density at radius 3 is 2.73 bits per heavy atom. The third-order valence-corrected chi connectivity index (χ3v) is 3.80. The topological polar surface area (TPSA) is 53.4 Å². The highest BCUT2D eigenvalue weighted by molar-refractivity contribution is 5.77. The van der Waals surface area contributed by atoms with Crippen molar-refractivity contribution in [3.05, 3.63) is 59.9 Å². The van der Waals surface area contributed by atoms with E-state index in [4.69, 9.17) is 0 Å². The van der Waals surface area contributed by atoms with E-state index in [9.17, 15) is 9.90 Å². The van der Waals surface area contributed by atoms with Gasteiger partial charge in [0.1, 0.15) is 5.75 Å². The van der Waals surface area contributed by atoms with Crippen molar-refractivity contribution < 1.29 is 9.90 Å². The zero-order valence-electron chi connectivity index (χ0n) is 13.1. The highest BCUT2D eigenvalue weighted by Gasteiger charge is 2.20. The molecular weight excluding hydrogens is 276 g/mol. The minimum Gasteiger partial charge on any atom is -0.508 e. The van der Waals surface area contributed by atoms with Crippen molar-refractivity contribution in [2.24, 2.45) is 0 Å². The lowest BCUT2D eigenvalue weighted by atomic mass is 10.1. The summed E-state index contributed by atoms with van der Waals surface area (Å²) in [6.07, 6.45) is 2.82. The lowest BCUT2D eigenvalue weighted by molar-refractivity contribution is -0.133. The van der Waals surface area contributed by atoms with E-state index in [0.717, 1.165) is 11.3 Å². The molecule has 22 heavy (non-hydrogen) atoms. The van der Waals surface area contributed by atoms with E-state index in [-0.39, 0.29) is 17.7 Å². The molecule has 0 aliphatic carbocycles. The number of benzene rings is 1. The van der Waals surface area contributed by atoms with Crippen LogP contribution in [-0.2, 0) is 11.2 Å². The van der Waals surface area contributed by atoms with Gasteiger partial charge in [-0.25, -0.2) is 0 Å². The quantitative estimate of drug-likeness (QED) is 0.890. The Hall–Kier alpha value is -2.36. The fourth-order valence-corrected chi connectivity index (χ4v) is 2.56. The molecule has 1 N–H and O–H groups in total. The SMILES string of the molecule is CCN(C(=O)CCc1ccccn1)C(C)c1cccc(O)c1. The average Bonchev–Trinajstić information content (AvgIpc) is 2.54. The largest absolute Gasteiger partial charge is 0.508 e. The van der Waals surface area contributed by atoms with Crippen molar-refractivity contribution in [1.82, 2.24) is 9.88 Å². The molecule has 4 heteroatoms. The average molecular weight is 298 g/mol.